The van der Waals surface area contributed by atoms with E-state index in [0.717, 1.165) is 12.8 Å². The van der Waals surface area contributed by atoms with Gasteiger partial charge in [0.1, 0.15) is 6.61 Å². The third-order valence-corrected chi connectivity index (χ3v) is 1.74. The van der Waals surface area contributed by atoms with Crippen molar-refractivity contribution in [1.82, 2.24) is 0 Å². The molecule has 0 aromatic heterocycles. The molecule has 0 aromatic rings. The molecular formula is C8H14O4. The maximum Gasteiger partial charge on any atom is 0.344 e. The van der Waals surface area contributed by atoms with E-state index >= 15 is 0 Å². The lowest BCUT2D eigenvalue weighted by molar-refractivity contribution is -0.453. The van der Waals surface area contributed by atoms with Crippen LogP contribution in [0.3, 0.4) is 0 Å². The molecule has 0 bridgehead atoms. The van der Waals surface area contributed by atoms with Gasteiger partial charge in [-0.3, -0.25) is 0 Å². The molecule has 1 rings (SSSR count). The Morgan fingerprint density at radius 3 is 2.75 bits per heavy atom. The van der Waals surface area contributed by atoms with Crippen LogP contribution in [0, 0.1) is 0 Å². The zero-order valence-corrected chi connectivity index (χ0v) is 7.46. The van der Waals surface area contributed by atoms with Gasteiger partial charge >= 0.3 is 5.97 Å². The predicted molar refractivity (Wildman–Crippen MR) is 41.3 cm³/mol. The zero-order valence-electron chi connectivity index (χ0n) is 7.46. The third kappa shape index (κ3) is 1.95. The summed E-state index contributed by atoms with van der Waals surface area (Å²) < 4.78 is 4.95. The fourth-order valence-electron chi connectivity index (χ4n) is 0.791. The molecular weight excluding hydrogens is 160 g/mol. The van der Waals surface area contributed by atoms with Crippen LogP contribution < -0.4 is 0 Å². The van der Waals surface area contributed by atoms with Crippen LogP contribution in [0.5, 0.6) is 0 Å². The van der Waals surface area contributed by atoms with E-state index in [0.29, 0.717) is 6.61 Å². The Labute approximate surface area is 71.7 Å². The summed E-state index contributed by atoms with van der Waals surface area (Å²) in [5.41, 5.74) is -0.853. The fourth-order valence-corrected chi connectivity index (χ4v) is 0.791. The SMILES string of the molecule is CCCCOC(=O)C1(C)COO1. The maximum atomic E-state index is 11.2. The van der Waals surface area contributed by atoms with Gasteiger partial charge in [0.15, 0.2) is 0 Å². The van der Waals surface area contributed by atoms with Gasteiger partial charge in [-0.15, -0.1) is 0 Å². The van der Waals surface area contributed by atoms with Gasteiger partial charge in [-0.25, -0.2) is 14.6 Å². The highest BCUT2D eigenvalue weighted by Crippen LogP contribution is 2.22. The second-order valence-corrected chi connectivity index (χ2v) is 3.07. The number of ether oxygens (including phenoxy) is 1. The lowest BCUT2D eigenvalue weighted by atomic mass is 10.1. The molecule has 1 saturated heterocycles. The zero-order chi connectivity index (χ0) is 9.03. The van der Waals surface area contributed by atoms with Crippen molar-refractivity contribution in [3.05, 3.63) is 0 Å². The van der Waals surface area contributed by atoms with E-state index in [2.05, 4.69) is 9.78 Å². The summed E-state index contributed by atoms with van der Waals surface area (Å²) >= 11 is 0. The number of esters is 1. The van der Waals surface area contributed by atoms with E-state index in [1.165, 1.54) is 0 Å². The van der Waals surface area contributed by atoms with Crippen LogP contribution >= 0.6 is 0 Å². The molecule has 1 aliphatic rings. The molecule has 0 amide bonds. The molecule has 1 heterocycles. The van der Waals surface area contributed by atoms with E-state index in [1.54, 1.807) is 6.92 Å². The normalized spacial score (nSPS) is 27.8. The van der Waals surface area contributed by atoms with Crippen molar-refractivity contribution in [2.45, 2.75) is 32.3 Å². The number of rotatable bonds is 4. The second-order valence-electron chi connectivity index (χ2n) is 3.07. The van der Waals surface area contributed by atoms with Crippen LogP contribution in [0.15, 0.2) is 0 Å². The summed E-state index contributed by atoms with van der Waals surface area (Å²) in [6.07, 6.45) is 1.91. The standard InChI is InChI=1S/C8H14O4/c1-3-4-5-10-7(9)8(2)6-11-12-8/h3-6H2,1-2H3. The third-order valence-electron chi connectivity index (χ3n) is 1.74. The number of hydrogen-bond acceptors (Lipinski definition) is 4. The van der Waals surface area contributed by atoms with Gasteiger partial charge in [0, 0.05) is 0 Å². The van der Waals surface area contributed by atoms with E-state index in [-0.39, 0.29) is 12.6 Å². The van der Waals surface area contributed by atoms with Crippen LogP contribution in [0.1, 0.15) is 26.7 Å². The Morgan fingerprint density at radius 1 is 1.67 bits per heavy atom. The highest BCUT2D eigenvalue weighted by atomic mass is 17.2. The van der Waals surface area contributed by atoms with Crippen molar-refractivity contribution >= 4 is 5.97 Å². The van der Waals surface area contributed by atoms with Gasteiger partial charge < -0.3 is 4.74 Å². The second kappa shape index (κ2) is 3.87. The van der Waals surface area contributed by atoms with Gasteiger partial charge in [0.05, 0.1) is 6.61 Å². The van der Waals surface area contributed by atoms with Gasteiger partial charge in [-0.1, -0.05) is 13.3 Å². The predicted octanol–water partition coefficient (Wildman–Crippen LogP) is 1.05. The molecule has 70 valence electrons. The molecule has 12 heavy (non-hydrogen) atoms. The van der Waals surface area contributed by atoms with Crippen molar-refractivity contribution in [3.63, 3.8) is 0 Å². The lowest BCUT2D eigenvalue weighted by Crippen LogP contribution is -2.52. The van der Waals surface area contributed by atoms with Crippen molar-refractivity contribution in [3.8, 4) is 0 Å². The van der Waals surface area contributed by atoms with Crippen molar-refractivity contribution in [2.75, 3.05) is 13.2 Å². The first kappa shape index (κ1) is 9.48. The van der Waals surface area contributed by atoms with Crippen molar-refractivity contribution in [2.24, 2.45) is 0 Å². The summed E-state index contributed by atoms with van der Waals surface area (Å²) in [5.74, 6) is -0.331. The Bertz CT molecular complexity index is 162. The van der Waals surface area contributed by atoms with Crippen LogP contribution in [0.25, 0.3) is 0 Å². The maximum absolute atomic E-state index is 11.2. The summed E-state index contributed by atoms with van der Waals surface area (Å²) in [6.45, 7) is 4.45. The average Bonchev–Trinajstić information content (AvgIpc) is 2.00. The van der Waals surface area contributed by atoms with Gasteiger partial charge in [0.2, 0.25) is 5.60 Å². The van der Waals surface area contributed by atoms with E-state index < -0.39 is 5.60 Å². The minimum atomic E-state index is -0.853. The number of carbonyl (C=O) groups is 1. The van der Waals surface area contributed by atoms with Crippen LogP contribution in [0.4, 0.5) is 0 Å². The van der Waals surface area contributed by atoms with Crippen molar-refractivity contribution < 1.29 is 19.3 Å². The molecule has 1 fully saturated rings. The molecule has 4 nitrogen and oxygen atoms in total. The smallest absolute Gasteiger partial charge is 0.344 e. The van der Waals surface area contributed by atoms with Crippen molar-refractivity contribution in [1.29, 1.82) is 0 Å². The van der Waals surface area contributed by atoms with E-state index in [9.17, 15) is 4.79 Å². The Balaban J connectivity index is 2.19. The summed E-state index contributed by atoms with van der Waals surface area (Å²) in [7, 11) is 0. The minimum Gasteiger partial charge on any atom is -0.463 e. The summed E-state index contributed by atoms with van der Waals surface area (Å²) in [5, 5.41) is 0. The molecule has 4 heteroatoms. The Morgan fingerprint density at radius 2 is 2.33 bits per heavy atom. The molecule has 0 N–H and O–H groups in total. The summed E-state index contributed by atoms with van der Waals surface area (Å²) in [6, 6.07) is 0. The molecule has 1 unspecified atom stereocenters. The Kier molecular flexibility index (Phi) is 3.05. The average molecular weight is 174 g/mol. The summed E-state index contributed by atoms with van der Waals surface area (Å²) in [4.78, 5) is 20.3. The molecule has 0 radical (unpaired) electrons. The van der Waals surface area contributed by atoms with Crippen LogP contribution in [0.2, 0.25) is 0 Å². The molecule has 0 spiro atoms. The Hall–Kier alpha value is -0.610. The molecule has 1 atom stereocenters. The van der Waals surface area contributed by atoms with E-state index in [1.807, 2.05) is 6.92 Å². The largest absolute Gasteiger partial charge is 0.463 e. The fraction of sp³-hybridized carbons (Fsp3) is 0.875. The monoisotopic (exact) mass is 174 g/mol. The number of unbranched alkanes of at least 4 members (excludes halogenated alkanes) is 1. The van der Waals surface area contributed by atoms with Crippen LogP contribution in [-0.4, -0.2) is 24.8 Å². The number of carbonyl (C=O) groups excluding carboxylic acids is 1. The topological polar surface area (TPSA) is 44.8 Å². The van der Waals surface area contributed by atoms with Crippen LogP contribution in [-0.2, 0) is 19.3 Å². The quantitative estimate of drug-likeness (QED) is 0.363. The first-order valence-electron chi connectivity index (χ1n) is 4.17. The van der Waals surface area contributed by atoms with E-state index in [4.69, 9.17) is 4.74 Å². The molecule has 0 saturated carbocycles. The first-order valence-corrected chi connectivity index (χ1v) is 4.17. The first-order chi connectivity index (χ1) is 5.69. The van der Waals surface area contributed by atoms with Gasteiger partial charge in [-0.05, 0) is 13.3 Å². The molecule has 1 aliphatic heterocycles. The highest BCUT2D eigenvalue weighted by Gasteiger charge is 2.45. The number of hydrogen-bond donors (Lipinski definition) is 0. The molecule has 0 aliphatic carbocycles. The lowest BCUT2D eigenvalue weighted by Gasteiger charge is -2.33. The molecule has 0 aromatic carbocycles. The van der Waals surface area contributed by atoms with Gasteiger partial charge in [-0.2, -0.15) is 0 Å². The minimum absolute atomic E-state index is 0.290. The van der Waals surface area contributed by atoms with Gasteiger partial charge in [0.25, 0.3) is 0 Å². The highest BCUT2D eigenvalue weighted by molar-refractivity contribution is 5.79.